The minimum absolute atomic E-state index is 0.128. The Kier molecular flexibility index (Phi) is 12.1. The Morgan fingerprint density at radius 2 is 1.52 bits per heavy atom. The van der Waals surface area contributed by atoms with Gasteiger partial charge in [0.2, 0.25) is 0 Å². The molecular weight excluding hydrogens is 408 g/mol. The molecule has 0 spiro atoms. The molecule has 1 aliphatic heterocycles. The zero-order valence-electron chi connectivity index (χ0n) is 19.0. The molecule has 1 aliphatic rings. The van der Waals surface area contributed by atoms with E-state index in [2.05, 4.69) is 0 Å². The minimum atomic E-state index is -1.22. The van der Waals surface area contributed by atoms with Gasteiger partial charge < -0.3 is 24.1 Å². The van der Waals surface area contributed by atoms with Gasteiger partial charge >= 0.3 is 23.9 Å². The number of carboxylic acid groups (broad SMARTS) is 1. The van der Waals surface area contributed by atoms with Crippen molar-refractivity contribution in [2.45, 2.75) is 103 Å². The van der Waals surface area contributed by atoms with Gasteiger partial charge in [-0.3, -0.25) is 19.2 Å². The quantitative estimate of drug-likeness (QED) is 0.337. The first kappa shape index (κ1) is 26.9. The van der Waals surface area contributed by atoms with Gasteiger partial charge in [-0.05, 0) is 39.0 Å². The molecule has 0 saturated carbocycles. The Hall–Kier alpha value is -2.16. The van der Waals surface area contributed by atoms with Crippen LogP contribution in [0.15, 0.2) is 0 Å². The normalized spacial score (nSPS) is 22.8. The second kappa shape index (κ2) is 14.0. The Bertz CT molecular complexity index is 604. The Morgan fingerprint density at radius 3 is 2.06 bits per heavy atom. The first-order valence-electron chi connectivity index (χ1n) is 11.2. The largest absolute Gasteiger partial charge is 0.481 e. The van der Waals surface area contributed by atoms with Crippen molar-refractivity contribution in [1.82, 2.24) is 0 Å². The van der Waals surface area contributed by atoms with E-state index in [4.69, 9.17) is 18.9 Å². The van der Waals surface area contributed by atoms with Crippen LogP contribution in [0.5, 0.6) is 0 Å². The van der Waals surface area contributed by atoms with Gasteiger partial charge in [0.1, 0.15) is 18.6 Å². The Balaban J connectivity index is 2.90. The summed E-state index contributed by atoms with van der Waals surface area (Å²) < 4.78 is 21.9. The molecule has 5 atom stereocenters. The van der Waals surface area contributed by atoms with Crippen LogP contribution < -0.4 is 0 Å². The van der Waals surface area contributed by atoms with Gasteiger partial charge in [0.15, 0.2) is 6.10 Å². The highest BCUT2D eigenvalue weighted by molar-refractivity contribution is 5.74. The summed E-state index contributed by atoms with van der Waals surface area (Å²) in [4.78, 5) is 47.8. The fourth-order valence-electron chi connectivity index (χ4n) is 3.50. The van der Waals surface area contributed by atoms with Gasteiger partial charge in [-0.15, -0.1) is 0 Å². The van der Waals surface area contributed by atoms with Gasteiger partial charge in [0, 0.05) is 19.3 Å². The maximum absolute atomic E-state index is 12.1. The average molecular weight is 445 g/mol. The molecule has 0 bridgehead atoms. The van der Waals surface area contributed by atoms with Crippen LogP contribution in [-0.4, -0.2) is 60.0 Å². The molecule has 0 aromatic carbocycles. The summed E-state index contributed by atoms with van der Waals surface area (Å²) in [5.74, 6) is -3.78. The van der Waals surface area contributed by atoms with Crippen molar-refractivity contribution in [1.29, 1.82) is 0 Å². The molecule has 0 aromatic rings. The summed E-state index contributed by atoms with van der Waals surface area (Å²) in [6, 6.07) is 0. The lowest BCUT2D eigenvalue weighted by molar-refractivity contribution is -0.195. The molecule has 9 heteroatoms. The topological polar surface area (TPSA) is 125 Å². The van der Waals surface area contributed by atoms with Crippen molar-refractivity contribution >= 4 is 23.9 Å². The van der Waals surface area contributed by atoms with Crippen molar-refractivity contribution in [2.75, 3.05) is 6.61 Å². The van der Waals surface area contributed by atoms with Crippen molar-refractivity contribution in [3.8, 4) is 0 Å². The highest BCUT2D eigenvalue weighted by Crippen LogP contribution is 2.30. The van der Waals surface area contributed by atoms with Crippen LogP contribution in [0.4, 0.5) is 0 Å². The summed E-state index contributed by atoms with van der Waals surface area (Å²) in [6.07, 6.45) is 0.222. The van der Waals surface area contributed by atoms with E-state index in [-0.39, 0.29) is 25.4 Å². The van der Waals surface area contributed by atoms with Gasteiger partial charge in [0.25, 0.3) is 0 Å². The van der Waals surface area contributed by atoms with Crippen LogP contribution >= 0.6 is 0 Å². The molecule has 1 rings (SSSR count). The third kappa shape index (κ3) is 9.25. The standard InChI is InChI=1S/C22H36O9/c1-5-8-18(23)28-13-17(31-20(25)10-7-3)21(22(26)27)16-12-11-15(14(4)29-16)30-19(24)9-6-2/h14-17,21H,5-13H2,1-4H3,(H,26,27)/t14-,15-,16?,17-,21?/m0/s1. The van der Waals surface area contributed by atoms with E-state index in [1.165, 1.54) is 0 Å². The Labute approximate surface area is 183 Å². The monoisotopic (exact) mass is 444 g/mol. The van der Waals surface area contributed by atoms with Crippen molar-refractivity contribution in [3.05, 3.63) is 0 Å². The van der Waals surface area contributed by atoms with E-state index in [9.17, 15) is 24.3 Å². The fraction of sp³-hybridized carbons (Fsp3) is 0.818. The second-order valence-corrected chi connectivity index (χ2v) is 7.81. The molecule has 1 heterocycles. The van der Waals surface area contributed by atoms with E-state index in [0.29, 0.717) is 38.5 Å². The summed E-state index contributed by atoms with van der Waals surface area (Å²) in [6.45, 7) is 6.87. The average Bonchev–Trinajstić information content (AvgIpc) is 2.68. The molecule has 1 fully saturated rings. The van der Waals surface area contributed by atoms with E-state index in [0.717, 1.165) is 0 Å². The lowest BCUT2D eigenvalue weighted by Gasteiger charge is -2.38. The van der Waals surface area contributed by atoms with Crippen LogP contribution in [0, 0.1) is 5.92 Å². The van der Waals surface area contributed by atoms with E-state index in [1.807, 2.05) is 13.8 Å². The number of carbonyl (C=O) groups is 4. The molecule has 178 valence electrons. The lowest BCUT2D eigenvalue weighted by atomic mass is 9.88. The number of carboxylic acids is 1. The number of hydrogen-bond acceptors (Lipinski definition) is 8. The molecule has 0 amide bonds. The molecule has 2 unspecified atom stereocenters. The SMILES string of the molecule is CCCC(=O)OC[C@H](OC(=O)CCC)C(C(=O)O)C1CC[C@H](OC(=O)CCC)[C@H](C)O1. The molecule has 0 aliphatic carbocycles. The smallest absolute Gasteiger partial charge is 0.313 e. The third-order valence-corrected chi connectivity index (χ3v) is 5.07. The van der Waals surface area contributed by atoms with Gasteiger partial charge in [-0.25, -0.2) is 0 Å². The predicted molar refractivity (Wildman–Crippen MR) is 110 cm³/mol. The van der Waals surface area contributed by atoms with Gasteiger partial charge in [-0.2, -0.15) is 0 Å². The number of hydrogen-bond donors (Lipinski definition) is 1. The first-order valence-corrected chi connectivity index (χ1v) is 11.2. The molecule has 9 nitrogen and oxygen atoms in total. The second-order valence-electron chi connectivity index (χ2n) is 7.81. The van der Waals surface area contributed by atoms with Gasteiger partial charge in [-0.1, -0.05) is 20.8 Å². The van der Waals surface area contributed by atoms with E-state index < -0.39 is 48.2 Å². The number of rotatable bonds is 13. The molecule has 31 heavy (non-hydrogen) atoms. The zero-order chi connectivity index (χ0) is 23.4. The van der Waals surface area contributed by atoms with Crippen LogP contribution in [0.25, 0.3) is 0 Å². The van der Waals surface area contributed by atoms with Crippen LogP contribution in [-0.2, 0) is 38.1 Å². The van der Waals surface area contributed by atoms with Crippen LogP contribution in [0.1, 0.15) is 79.1 Å². The van der Waals surface area contributed by atoms with Crippen LogP contribution in [0.2, 0.25) is 0 Å². The number of ether oxygens (including phenoxy) is 4. The maximum Gasteiger partial charge on any atom is 0.313 e. The van der Waals surface area contributed by atoms with E-state index >= 15 is 0 Å². The van der Waals surface area contributed by atoms with Gasteiger partial charge in [0.05, 0.1) is 12.2 Å². The van der Waals surface area contributed by atoms with E-state index in [1.54, 1.807) is 13.8 Å². The summed E-state index contributed by atoms with van der Waals surface area (Å²) in [7, 11) is 0. The number of esters is 3. The minimum Gasteiger partial charge on any atom is -0.481 e. The number of aliphatic carboxylic acids is 1. The predicted octanol–water partition coefficient (Wildman–Crippen LogP) is 3.02. The fourth-order valence-corrected chi connectivity index (χ4v) is 3.50. The van der Waals surface area contributed by atoms with Crippen molar-refractivity contribution in [3.63, 3.8) is 0 Å². The molecule has 0 radical (unpaired) electrons. The molecule has 1 N–H and O–H groups in total. The third-order valence-electron chi connectivity index (χ3n) is 5.07. The van der Waals surface area contributed by atoms with Crippen molar-refractivity contribution in [2.24, 2.45) is 5.92 Å². The Morgan fingerprint density at radius 1 is 0.935 bits per heavy atom. The highest BCUT2D eigenvalue weighted by Gasteiger charge is 2.43. The number of carbonyl (C=O) groups excluding carboxylic acids is 3. The summed E-state index contributed by atoms with van der Waals surface area (Å²) >= 11 is 0. The van der Waals surface area contributed by atoms with Crippen LogP contribution in [0.3, 0.4) is 0 Å². The highest BCUT2D eigenvalue weighted by atomic mass is 16.6. The lowest BCUT2D eigenvalue weighted by Crippen LogP contribution is -2.50. The molecular formula is C22H36O9. The summed E-state index contributed by atoms with van der Waals surface area (Å²) in [5.41, 5.74) is 0. The summed E-state index contributed by atoms with van der Waals surface area (Å²) in [5, 5.41) is 9.88. The molecule has 0 aromatic heterocycles. The zero-order valence-corrected chi connectivity index (χ0v) is 19.0. The maximum atomic E-state index is 12.1. The van der Waals surface area contributed by atoms with Crippen molar-refractivity contribution < 1.29 is 43.2 Å². The first-order chi connectivity index (χ1) is 14.7. The molecule has 1 saturated heterocycles.